The van der Waals surface area contributed by atoms with Crippen LogP contribution in [-0.2, 0) is 19.7 Å². The first kappa shape index (κ1) is 18.9. The molecule has 0 fully saturated rings. The molecule has 150 valence electrons. The van der Waals surface area contributed by atoms with E-state index in [4.69, 9.17) is 9.47 Å². The summed E-state index contributed by atoms with van der Waals surface area (Å²) in [4.78, 5) is 16.4. The van der Waals surface area contributed by atoms with Crippen molar-refractivity contribution in [2.45, 2.75) is 25.7 Å². The van der Waals surface area contributed by atoms with Crippen LogP contribution in [0.4, 0.5) is 5.82 Å². The van der Waals surface area contributed by atoms with Gasteiger partial charge in [-0.1, -0.05) is 42.5 Å². The third-order valence-electron chi connectivity index (χ3n) is 4.95. The first-order valence-corrected chi connectivity index (χ1v) is 9.39. The van der Waals surface area contributed by atoms with Gasteiger partial charge in [-0.15, -0.1) is 0 Å². The molecule has 0 amide bonds. The minimum Gasteiger partial charge on any atom is -0.489 e. The number of nitro groups is 1. The Morgan fingerprint density at radius 1 is 1.21 bits per heavy atom. The lowest BCUT2D eigenvalue weighted by atomic mass is 10.1. The predicted molar refractivity (Wildman–Crippen MR) is 107 cm³/mol. The number of aromatic nitrogens is 2. The van der Waals surface area contributed by atoms with Crippen LogP contribution in [-0.4, -0.2) is 39.1 Å². The molecule has 0 aliphatic carbocycles. The zero-order chi connectivity index (χ0) is 20.2. The molecule has 29 heavy (non-hydrogen) atoms. The van der Waals surface area contributed by atoms with Gasteiger partial charge in [0.2, 0.25) is 0 Å². The van der Waals surface area contributed by atoms with Gasteiger partial charge < -0.3 is 19.6 Å². The molecule has 1 aliphatic heterocycles. The van der Waals surface area contributed by atoms with Crippen LogP contribution in [0.15, 0.2) is 60.8 Å². The van der Waals surface area contributed by atoms with Crippen molar-refractivity contribution in [2.24, 2.45) is 0 Å². The molecule has 2 heterocycles. The highest BCUT2D eigenvalue weighted by molar-refractivity contribution is 5.28. The van der Waals surface area contributed by atoms with Gasteiger partial charge in [-0.05, 0) is 35.2 Å². The fourth-order valence-electron chi connectivity index (χ4n) is 3.29. The van der Waals surface area contributed by atoms with E-state index in [9.17, 15) is 10.1 Å². The van der Waals surface area contributed by atoms with Crippen LogP contribution in [0.5, 0.6) is 11.8 Å². The molecule has 2 aromatic carbocycles. The molecule has 0 radical (unpaired) electrons. The quantitative estimate of drug-likeness (QED) is 0.452. The van der Waals surface area contributed by atoms with Gasteiger partial charge >= 0.3 is 11.8 Å². The summed E-state index contributed by atoms with van der Waals surface area (Å²) < 4.78 is 13.1. The first-order chi connectivity index (χ1) is 14.1. The zero-order valence-electron chi connectivity index (χ0n) is 16.1. The summed E-state index contributed by atoms with van der Waals surface area (Å²) in [6.45, 7) is 2.33. The van der Waals surface area contributed by atoms with Crippen LogP contribution < -0.4 is 9.47 Å². The largest absolute Gasteiger partial charge is 0.489 e. The highest BCUT2D eigenvalue weighted by atomic mass is 16.6. The monoisotopic (exact) mass is 394 g/mol. The van der Waals surface area contributed by atoms with Crippen molar-refractivity contribution in [3.05, 3.63) is 82.0 Å². The Balaban J connectivity index is 1.32. The van der Waals surface area contributed by atoms with Crippen molar-refractivity contribution in [3.8, 4) is 11.8 Å². The van der Waals surface area contributed by atoms with Crippen LogP contribution in [0.3, 0.4) is 0 Å². The summed E-state index contributed by atoms with van der Waals surface area (Å²) in [7, 11) is 2.02. The summed E-state index contributed by atoms with van der Waals surface area (Å²) in [5, 5.41) is 10.9. The molecule has 1 unspecified atom stereocenters. The molecule has 1 atom stereocenters. The normalized spacial score (nSPS) is 15.6. The van der Waals surface area contributed by atoms with E-state index in [0.717, 1.165) is 23.4 Å². The van der Waals surface area contributed by atoms with Crippen molar-refractivity contribution < 1.29 is 14.4 Å². The van der Waals surface area contributed by atoms with Crippen molar-refractivity contribution in [2.75, 3.05) is 13.7 Å². The fourth-order valence-corrected chi connectivity index (χ4v) is 3.29. The van der Waals surface area contributed by atoms with Gasteiger partial charge in [0.1, 0.15) is 25.2 Å². The number of hydrogen-bond donors (Lipinski definition) is 0. The Bertz CT molecular complexity index is 972. The number of nitrogens with zero attached hydrogens (tertiary/aromatic N) is 4. The standard InChI is InChI=1S/C21H22N4O4/c1-23(18-12-24-13-20(25(26)27)22-21(24)29-15-18)11-16-7-9-19(10-8-16)28-14-17-5-3-2-4-6-17/h2-10,13,18H,11-12,14-15H2,1H3. The molecule has 8 heteroatoms. The van der Waals surface area contributed by atoms with Crippen molar-refractivity contribution in [3.63, 3.8) is 0 Å². The molecular weight excluding hydrogens is 372 g/mol. The number of benzene rings is 2. The number of fused-ring (bicyclic) bond motifs is 1. The second-order valence-corrected chi connectivity index (χ2v) is 7.09. The smallest absolute Gasteiger partial charge is 0.414 e. The van der Waals surface area contributed by atoms with E-state index in [1.807, 2.05) is 61.6 Å². The Morgan fingerprint density at radius 2 is 1.97 bits per heavy atom. The van der Waals surface area contributed by atoms with Crippen LogP contribution >= 0.6 is 0 Å². The van der Waals surface area contributed by atoms with Crippen LogP contribution in [0.1, 0.15) is 11.1 Å². The summed E-state index contributed by atoms with van der Waals surface area (Å²) in [6, 6.07) is 18.5. The van der Waals surface area contributed by atoms with E-state index in [1.54, 1.807) is 4.57 Å². The Labute approximate surface area is 168 Å². The molecule has 1 aromatic heterocycles. The highest BCUT2D eigenvalue weighted by Gasteiger charge is 2.29. The van der Waals surface area contributed by atoms with Crippen molar-refractivity contribution in [1.82, 2.24) is 14.5 Å². The summed E-state index contributed by atoms with van der Waals surface area (Å²) in [6.07, 6.45) is 1.42. The molecule has 3 aromatic rings. The molecule has 0 bridgehead atoms. The third kappa shape index (κ3) is 4.55. The molecule has 0 N–H and O–H groups in total. The second kappa shape index (κ2) is 8.32. The van der Waals surface area contributed by atoms with Crippen molar-refractivity contribution >= 4 is 5.82 Å². The lowest BCUT2D eigenvalue weighted by molar-refractivity contribution is -0.389. The Morgan fingerprint density at radius 3 is 2.69 bits per heavy atom. The average molecular weight is 394 g/mol. The summed E-state index contributed by atoms with van der Waals surface area (Å²) in [5.74, 6) is 0.644. The maximum atomic E-state index is 10.9. The minimum atomic E-state index is -0.505. The van der Waals surface area contributed by atoms with E-state index < -0.39 is 4.92 Å². The average Bonchev–Trinajstić information content (AvgIpc) is 3.18. The SMILES string of the molecule is CN(Cc1ccc(OCc2ccccc2)cc1)C1COc2nc([N+](=O)[O-])cn2C1. The van der Waals surface area contributed by atoms with E-state index in [0.29, 0.717) is 25.8 Å². The molecular formula is C21H22N4O4. The molecule has 8 nitrogen and oxygen atoms in total. The van der Waals surface area contributed by atoms with Gasteiger partial charge in [0.05, 0.1) is 6.04 Å². The van der Waals surface area contributed by atoms with E-state index in [2.05, 4.69) is 9.88 Å². The van der Waals surface area contributed by atoms with Gasteiger partial charge in [-0.25, -0.2) is 0 Å². The van der Waals surface area contributed by atoms with Crippen LogP contribution in [0.2, 0.25) is 0 Å². The van der Waals surface area contributed by atoms with E-state index in [1.165, 1.54) is 6.20 Å². The van der Waals surface area contributed by atoms with E-state index in [-0.39, 0.29) is 11.9 Å². The molecule has 4 rings (SSSR count). The highest BCUT2D eigenvalue weighted by Crippen LogP contribution is 2.24. The third-order valence-corrected chi connectivity index (χ3v) is 4.95. The molecule has 0 spiro atoms. The number of hydrogen-bond acceptors (Lipinski definition) is 6. The second-order valence-electron chi connectivity index (χ2n) is 7.09. The first-order valence-electron chi connectivity index (χ1n) is 9.39. The number of ether oxygens (including phenoxy) is 2. The van der Waals surface area contributed by atoms with E-state index >= 15 is 0 Å². The molecule has 1 aliphatic rings. The van der Waals surface area contributed by atoms with Gasteiger partial charge in [0, 0.05) is 18.1 Å². The lowest BCUT2D eigenvalue weighted by Crippen LogP contribution is -2.42. The van der Waals surface area contributed by atoms with Gasteiger partial charge in [0.25, 0.3) is 0 Å². The minimum absolute atomic E-state index is 0.102. The Hall–Kier alpha value is -3.39. The molecule has 0 saturated heterocycles. The predicted octanol–water partition coefficient (Wildman–Crippen LogP) is 3.26. The fraction of sp³-hybridized carbons (Fsp3) is 0.286. The van der Waals surface area contributed by atoms with Crippen molar-refractivity contribution in [1.29, 1.82) is 0 Å². The van der Waals surface area contributed by atoms with Gasteiger partial charge in [-0.2, -0.15) is 0 Å². The number of imidazole rings is 1. The van der Waals surface area contributed by atoms with Crippen LogP contribution in [0.25, 0.3) is 0 Å². The van der Waals surface area contributed by atoms with Gasteiger partial charge in [-0.3, -0.25) is 9.47 Å². The number of rotatable bonds is 7. The van der Waals surface area contributed by atoms with Gasteiger partial charge in [0.15, 0.2) is 0 Å². The topological polar surface area (TPSA) is 82.7 Å². The summed E-state index contributed by atoms with van der Waals surface area (Å²) in [5.41, 5.74) is 2.29. The molecule has 0 saturated carbocycles. The van der Waals surface area contributed by atoms with Crippen LogP contribution in [0, 0.1) is 10.1 Å². The zero-order valence-corrected chi connectivity index (χ0v) is 16.1. The maximum Gasteiger partial charge on any atom is 0.414 e. The maximum absolute atomic E-state index is 10.9. The lowest BCUT2D eigenvalue weighted by Gasteiger charge is -2.30. The Kier molecular flexibility index (Phi) is 5.44. The summed E-state index contributed by atoms with van der Waals surface area (Å²) >= 11 is 0. The number of likely N-dealkylation sites (N-methyl/N-ethyl adjacent to an activating group) is 1.